The zero-order valence-electron chi connectivity index (χ0n) is 9.40. The van der Waals surface area contributed by atoms with E-state index in [0.29, 0.717) is 5.92 Å². The molecule has 80 valence electrons. The Morgan fingerprint density at radius 1 is 1.31 bits per heavy atom. The second-order valence-corrected chi connectivity index (χ2v) is 9.84. The molecule has 0 saturated carbocycles. The van der Waals surface area contributed by atoms with E-state index in [9.17, 15) is 0 Å². The zero-order chi connectivity index (χ0) is 10.3. The van der Waals surface area contributed by atoms with Gasteiger partial charge in [-0.1, -0.05) is 33.1 Å². The van der Waals surface area contributed by atoms with Crippen LogP contribution in [0.1, 0.15) is 39.5 Å². The van der Waals surface area contributed by atoms with Gasteiger partial charge in [0.1, 0.15) is 0 Å². The van der Waals surface area contributed by atoms with Crippen LogP contribution in [-0.2, 0) is 4.43 Å². The first kappa shape index (κ1) is 13.5. The van der Waals surface area contributed by atoms with Crippen LogP contribution in [0.5, 0.6) is 0 Å². The molecule has 1 atom stereocenters. The Bertz CT molecular complexity index is 123. The minimum absolute atomic E-state index is 0.713. The van der Waals surface area contributed by atoms with Gasteiger partial charge in [-0.2, -0.15) is 0 Å². The molecule has 0 aliphatic heterocycles. The quantitative estimate of drug-likeness (QED) is 0.464. The molecule has 3 heteroatoms. The second-order valence-electron chi connectivity index (χ2n) is 4.09. The van der Waals surface area contributed by atoms with Crippen molar-refractivity contribution >= 4 is 18.7 Å². The van der Waals surface area contributed by atoms with E-state index in [4.69, 9.17) is 15.5 Å². The molecule has 0 bridgehead atoms. The second kappa shape index (κ2) is 6.85. The van der Waals surface area contributed by atoms with Crippen LogP contribution in [0.15, 0.2) is 0 Å². The molecule has 0 aromatic rings. The van der Waals surface area contributed by atoms with E-state index < -0.39 is 7.63 Å². The van der Waals surface area contributed by atoms with Crippen molar-refractivity contribution in [2.75, 3.05) is 6.61 Å². The molecule has 0 heterocycles. The molecule has 0 N–H and O–H groups in total. The molecule has 1 unspecified atom stereocenters. The molecule has 0 fully saturated rings. The maximum absolute atomic E-state index is 6.08. The molecule has 0 aromatic heterocycles. The van der Waals surface area contributed by atoms with Crippen LogP contribution < -0.4 is 0 Å². The Kier molecular flexibility index (Phi) is 7.10. The molecule has 0 saturated heterocycles. The topological polar surface area (TPSA) is 9.23 Å². The number of rotatable bonds is 7. The molecule has 0 aliphatic rings. The Balaban J connectivity index is 3.59. The fraction of sp³-hybridized carbons (Fsp3) is 1.00. The summed E-state index contributed by atoms with van der Waals surface area (Å²) in [5.41, 5.74) is 0. The first-order chi connectivity index (χ1) is 5.99. The number of hydrogen-bond donors (Lipinski definition) is 0. The largest absolute Gasteiger partial charge is 0.403 e. The van der Waals surface area contributed by atoms with Crippen molar-refractivity contribution in [1.82, 2.24) is 0 Å². The fourth-order valence-corrected chi connectivity index (χ4v) is 2.04. The van der Waals surface area contributed by atoms with Crippen LogP contribution >= 0.6 is 11.1 Å². The number of hydrogen-bond acceptors (Lipinski definition) is 1. The van der Waals surface area contributed by atoms with Crippen molar-refractivity contribution in [1.29, 1.82) is 0 Å². The van der Waals surface area contributed by atoms with E-state index in [1.165, 1.54) is 25.7 Å². The smallest absolute Gasteiger partial charge is 0.283 e. The van der Waals surface area contributed by atoms with Crippen molar-refractivity contribution in [2.45, 2.75) is 52.6 Å². The van der Waals surface area contributed by atoms with Crippen LogP contribution in [0.3, 0.4) is 0 Å². The third-order valence-electron chi connectivity index (χ3n) is 2.21. The molecular formula is C10H23ClOSi. The van der Waals surface area contributed by atoms with Gasteiger partial charge < -0.3 is 4.43 Å². The highest BCUT2D eigenvalue weighted by Crippen LogP contribution is 2.17. The summed E-state index contributed by atoms with van der Waals surface area (Å²) in [6.45, 7) is 9.38. The van der Waals surface area contributed by atoms with Gasteiger partial charge in [-0.15, -0.1) is 11.1 Å². The lowest BCUT2D eigenvalue weighted by atomic mass is 10.0. The van der Waals surface area contributed by atoms with Gasteiger partial charge in [0.05, 0.1) is 0 Å². The van der Waals surface area contributed by atoms with Crippen LogP contribution in [0.25, 0.3) is 0 Å². The summed E-state index contributed by atoms with van der Waals surface area (Å²) >= 11 is 6.08. The summed E-state index contributed by atoms with van der Waals surface area (Å²) in [5, 5.41) is 0. The fourth-order valence-electron chi connectivity index (χ4n) is 1.21. The average Bonchev–Trinajstić information content (AvgIpc) is 2.03. The highest BCUT2D eigenvalue weighted by atomic mass is 35.6. The van der Waals surface area contributed by atoms with Crippen molar-refractivity contribution < 1.29 is 4.43 Å². The van der Waals surface area contributed by atoms with E-state index >= 15 is 0 Å². The van der Waals surface area contributed by atoms with E-state index in [1.807, 2.05) is 13.1 Å². The number of halogens is 1. The molecular weight excluding hydrogens is 200 g/mol. The summed E-state index contributed by atoms with van der Waals surface area (Å²) < 4.78 is 5.68. The first-order valence-electron chi connectivity index (χ1n) is 5.32. The highest BCUT2D eigenvalue weighted by Gasteiger charge is 2.19. The van der Waals surface area contributed by atoms with Gasteiger partial charge in [0.25, 0.3) is 7.63 Å². The highest BCUT2D eigenvalue weighted by molar-refractivity contribution is 7.15. The molecule has 13 heavy (non-hydrogen) atoms. The average molecular weight is 223 g/mol. The van der Waals surface area contributed by atoms with Gasteiger partial charge in [0, 0.05) is 6.61 Å². The van der Waals surface area contributed by atoms with E-state index in [1.54, 1.807) is 0 Å². The molecule has 1 nitrogen and oxygen atoms in total. The summed E-state index contributed by atoms with van der Waals surface area (Å²) in [6, 6.07) is 0. The lowest BCUT2D eigenvalue weighted by Gasteiger charge is -2.20. The maximum atomic E-state index is 6.08. The van der Waals surface area contributed by atoms with Crippen LogP contribution in [-0.4, -0.2) is 14.2 Å². The predicted octanol–water partition coefficient (Wildman–Crippen LogP) is 4.16. The van der Waals surface area contributed by atoms with Crippen molar-refractivity contribution in [3.8, 4) is 0 Å². The van der Waals surface area contributed by atoms with E-state index in [-0.39, 0.29) is 0 Å². The molecule has 0 rings (SSSR count). The minimum atomic E-state index is -1.80. The standard InChI is InChI=1S/C10H23ClOSi/c1-5-7-8-10(6-2)9-12-13(3,4)11/h10H,5-9H2,1-4H3. The maximum Gasteiger partial charge on any atom is 0.283 e. The molecule has 0 amide bonds. The summed E-state index contributed by atoms with van der Waals surface area (Å²) in [6.07, 6.45) is 5.08. The van der Waals surface area contributed by atoms with Crippen LogP contribution in [0.4, 0.5) is 0 Å². The van der Waals surface area contributed by atoms with Gasteiger partial charge in [-0.05, 0) is 25.4 Å². The van der Waals surface area contributed by atoms with Gasteiger partial charge >= 0.3 is 0 Å². The van der Waals surface area contributed by atoms with Gasteiger partial charge in [0.15, 0.2) is 0 Å². The molecule has 0 aromatic carbocycles. The van der Waals surface area contributed by atoms with Gasteiger partial charge in [-0.25, -0.2) is 0 Å². The Hall–Kier alpha value is 0.467. The lowest BCUT2D eigenvalue weighted by molar-refractivity contribution is 0.233. The van der Waals surface area contributed by atoms with Crippen molar-refractivity contribution in [2.24, 2.45) is 5.92 Å². The van der Waals surface area contributed by atoms with Gasteiger partial charge in [0.2, 0.25) is 0 Å². The first-order valence-corrected chi connectivity index (χ1v) is 9.24. The summed E-state index contributed by atoms with van der Waals surface area (Å²) in [5.74, 6) is 0.713. The van der Waals surface area contributed by atoms with E-state index in [0.717, 1.165) is 6.61 Å². The molecule has 0 spiro atoms. The predicted molar refractivity (Wildman–Crippen MR) is 62.6 cm³/mol. The number of unbranched alkanes of at least 4 members (excludes halogenated alkanes) is 1. The minimum Gasteiger partial charge on any atom is -0.403 e. The van der Waals surface area contributed by atoms with Crippen LogP contribution in [0.2, 0.25) is 13.1 Å². The monoisotopic (exact) mass is 222 g/mol. The lowest BCUT2D eigenvalue weighted by Crippen LogP contribution is -2.26. The van der Waals surface area contributed by atoms with Crippen LogP contribution in [0, 0.1) is 5.92 Å². The third-order valence-corrected chi connectivity index (χ3v) is 3.39. The van der Waals surface area contributed by atoms with Crippen molar-refractivity contribution in [3.05, 3.63) is 0 Å². The normalized spacial score (nSPS) is 14.5. The van der Waals surface area contributed by atoms with Gasteiger partial charge in [-0.3, -0.25) is 0 Å². The molecule has 0 aliphatic carbocycles. The summed E-state index contributed by atoms with van der Waals surface area (Å²) in [4.78, 5) is 0. The molecule has 0 radical (unpaired) electrons. The SMILES string of the molecule is CCCCC(CC)CO[Si](C)(C)Cl. The van der Waals surface area contributed by atoms with Crippen molar-refractivity contribution in [3.63, 3.8) is 0 Å². The third kappa shape index (κ3) is 8.79. The Labute approximate surface area is 88.7 Å². The summed E-state index contributed by atoms with van der Waals surface area (Å²) in [7, 11) is -1.80. The Morgan fingerprint density at radius 2 is 1.92 bits per heavy atom. The Morgan fingerprint density at radius 3 is 2.31 bits per heavy atom. The zero-order valence-corrected chi connectivity index (χ0v) is 11.2. The van der Waals surface area contributed by atoms with E-state index in [2.05, 4.69) is 13.8 Å².